The standard InChI is InChI=1S/C11H9NOS/c13-6-11-12-9-5-8(7-1-2-7)3-4-10(9)14-11/h3-7H,1-2H2. The summed E-state index contributed by atoms with van der Waals surface area (Å²) in [6.07, 6.45) is 3.42. The predicted molar refractivity (Wildman–Crippen MR) is 57.0 cm³/mol. The Bertz CT molecular complexity index is 499. The number of fused-ring (bicyclic) bond motifs is 1. The number of aromatic nitrogens is 1. The number of nitrogens with zero attached hydrogens (tertiary/aromatic N) is 1. The number of hydrogen-bond acceptors (Lipinski definition) is 3. The molecule has 0 unspecified atom stereocenters. The van der Waals surface area contributed by atoms with Gasteiger partial charge in [0.05, 0.1) is 10.2 Å². The maximum Gasteiger partial charge on any atom is 0.178 e. The molecule has 3 rings (SSSR count). The first-order valence-corrected chi connectivity index (χ1v) is 5.54. The Morgan fingerprint density at radius 2 is 2.29 bits per heavy atom. The van der Waals surface area contributed by atoms with Gasteiger partial charge < -0.3 is 0 Å². The van der Waals surface area contributed by atoms with Gasteiger partial charge in [-0.1, -0.05) is 6.07 Å². The second-order valence-corrected chi connectivity index (χ2v) is 4.73. The van der Waals surface area contributed by atoms with Crippen LogP contribution in [0.5, 0.6) is 0 Å². The van der Waals surface area contributed by atoms with Crippen LogP contribution in [0.1, 0.15) is 34.1 Å². The van der Waals surface area contributed by atoms with Gasteiger partial charge in [0.15, 0.2) is 11.3 Å². The highest BCUT2D eigenvalue weighted by atomic mass is 32.1. The van der Waals surface area contributed by atoms with E-state index in [0.717, 1.165) is 22.4 Å². The quantitative estimate of drug-likeness (QED) is 0.702. The minimum Gasteiger partial charge on any atom is -0.295 e. The van der Waals surface area contributed by atoms with Crippen LogP contribution in [0.2, 0.25) is 0 Å². The molecule has 0 radical (unpaired) electrons. The molecular weight excluding hydrogens is 194 g/mol. The smallest absolute Gasteiger partial charge is 0.178 e. The second-order valence-electron chi connectivity index (χ2n) is 3.67. The van der Waals surface area contributed by atoms with E-state index in [1.807, 2.05) is 0 Å². The Kier molecular flexibility index (Phi) is 1.67. The van der Waals surface area contributed by atoms with Gasteiger partial charge in [-0.05, 0) is 36.5 Å². The van der Waals surface area contributed by atoms with Gasteiger partial charge in [0, 0.05) is 0 Å². The fourth-order valence-electron chi connectivity index (χ4n) is 1.68. The van der Waals surface area contributed by atoms with Crippen LogP contribution in [-0.2, 0) is 0 Å². The Morgan fingerprint density at radius 1 is 1.43 bits per heavy atom. The first kappa shape index (κ1) is 8.12. The fourth-order valence-corrected chi connectivity index (χ4v) is 2.45. The molecule has 1 fully saturated rings. The van der Waals surface area contributed by atoms with Crippen LogP contribution >= 0.6 is 11.3 Å². The number of aldehydes is 1. The summed E-state index contributed by atoms with van der Waals surface area (Å²) >= 11 is 1.46. The van der Waals surface area contributed by atoms with Crippen molar-refractivity contribution in [3.8, 4) is 0 Å². The topological polar surface area (TPSA) is 30.0 Å². The lowest BCUT2D eigenvalue weighted by atomic mass is 10.1. The molecule has 1 aromatic heterocycles. The zero-order chi connectivity index (χ0) is 9.54. The van der Waals surface area contributed by atoms with E-state index in [2.05, 4.69) is 23.2 Å². The molecule has 70 valence electrons. The summed E-state index contributed by atoms with van der Waals surface area (Å²) in [4.78, 5) is 14.8. The van der Waals surface area contributed by atoms with Crippen molar-refractivity contribution >= 4 is 27.8 Å². The molecule has 0 atom stereocenters. The summed E-state index contributed by atoms with van der Waals surface area (Å²) in [5.41, 5.74) is 2.35. The van der Waals surface area contributed by atoms with Gasteiger partial charge >= 0.3 is 0 Å². The molecule has 0 saturated heterocycles. The van der Waals surface area contributed by atoms with Crippen molar-refractivity contribution in [1.82, 2.24) is 4.98 Å². The van der Waals surface area contributed by atoms with Gasteiger partial charge in [-0.3, -0.25) is 4.79 Å². The van der Waals surface area contributed by atoms with Gasteiger partial charge in [0.1, 0.15) is 0 Å². The molecule has 14 heavy (non-hydrogen) atoms. The summed E-state index contributed by atoms with van der Waals surface area (Å²) in [6, 6.07) is 6.36. The van der Waals surface area contributed by atoms with Crippen LogP contribution in [0.25, 0.3) is 10.2 Å². The number of benzene rings is 1. The Hall–Kier alpha value is -1.22. The first-order valence-electron chi connectivity index (χ1n) is 4.72. The zero-order valence-electron chi connectivity index (χ0n) is 7.56. The lowest BCUT2D eigenvalue weighted by molar-refractivity contribution is 0.112. The van der Waals surface area contributed by atoms with E-state index >= 15 is 0 Å². The molecule has 1 saturated carbocycles. The van der Waals surface area contributed by atoms with Crippen LogP contribution in [-0.4, -0.2) is 11.3 Å². The third-order valence-electron chi connectivity index (χ3n) is 2.58. The van der Waals surface area contributed by atoms with E-state index in [-0.39, 0.29) is 0 Å². The zero-order valence-corrected chi connectivity index (χ0v) is 8.38. The van der Waals surface area contributed by atoms with Crippen LogP contribution in [0.4, 0.5) is 0 Å². The van der Waals surface area contributed by atoms with E-state index < -0.39 is 0 Å². The molecule has 0 bridgehead atoms. The van der Waals surface area contributed by atoms with E-state index in [4.69, 9.17) is 0 Å². The Balaban J connectivity index is 2.16. The first-order chi connectivity index (χ1) is 6.86. The third-order valence-corrected chi connectivity index (χ3v) is 3.54. The van der Waals surface area contributed by atoms with Crippen LogP contribution in [0, 0.1) is 0 Å². The van der Waals surface area contributed by atoms with Gasteiger partial charge in [0.25, 0.3) is 0 Å². The molecular formula is C11H9NOS. The van der Waals surface area contributed by atoms with Crippen molar-refractivity contribution in [2.75, 3.05) is 0 Å². The third kappa shape index (κ3) is 1.24. The maximum atomic E-state index is 10.6. The summed E-state index contributed by atoms with van der Waals surface area (Å²) in [6.45, 7) is 0. The molecule has 0 aliphatic heterocycles. The molecule has 3 heteroatoms. The molecule has 1 heterocycles. The fraction of sp³-hybridized carbons (Fsp3) is 0.273. The lowest BCUT2D eigenvalue weighted by Crippen LogP contribution is -1.78. The average molecular weight is 203 g/mol. The monoisotopic (exact) mass is 203 g/mol. The summed E-state index contributed by atoms with van der Waals surface area (Å²) in [5.74, 6) is 0.751. The normalized spacial score (nSPS) is 16.0. The second kappa shape index (κ2) is 2.89. The van der Waals surface area contributed by atoms with E-state index in [9.17, 15) is 4.79 Å². The molecule has 0 N–H and O–H groups in total. The summed E-state index contributed by atoms with van der Waals surface area (Å²) in [7, 11) is 0. The molecule has 2 aromatic rings. The van der Waals surface area contributed by atoms with Crippen molar-refractivity contribution in [3.05, 3.63) is 28.8 Å². The number of carbonyl (C=O) groups is 1. The minimum absolute atomic E-state index is 0.577. The van der Waals surface area contributed by atoms with Crippen molar-refractivity contribution < 1.29 is 4.79 Å². The van der Waals surface area contributed by atoms with Crippen molar-refractivity contribution in [2.24, 2.45) is 0 Å². The predicted octanol–water partition coefficient (Wildman–Crippen LogP) is 2.99. The van der Waals surface area contributed by atoms with Gasteiger partial charge in [-0.25, -0.2) is 4.98 Å². The molecule has 2 nitrogen and oxygen atoms in total. The molecule has 0 spiro atoms. The number of rotatable bonds is 2. The number of hydrogen-bond donors (Lipinski definition) is 0. The highest BCUT2D eigenvalue weighted by molar-refractivity contribution is 7.20. The number of thiazole rings is 1. The summed E-state index contributed by atoms with van der Waals surface area (Å²) < 4.78 is 1.11. The number of carbonyl (C=O) groups excluding carboxylic acids is 1. The molecule has 1 aromatic carbocycles. The van der Waals surface area contributed by atoms with Gasteiger partial charge in [0.2, 0.25) is 0 Å². The molecule has 1 aliphatic carbocycles. The van der Waals surface area contributed by atoms with Crippen molar-refractivity contribution in [3.63, 3.8) is 0 Å². The maximum absolute atomic E-state index is 10.6. The van der Waals surface area contributed by atoms with E-state index in [1.54, 1.807) is 0 Å². The largest absolute Gasteiger partial charge is 0.295 e. The highest BCUT2D eigenvalue weighted by Crippen LogP contribution is 2.41. The lowest BCUT2D eigenvalue weighted by Gasteiger charge is -1.95. The van der Waals surface area contributed by atoms with Crippen LogP contribution in [0.3, 0.4) is 0 Å². The van der Waals surface area contributed by atoms with Crippen LogP contribution in [0.15, 0.2) is 18.2 Å². The SMILES string of the molecule is O=Cc1nc2cc(C3CC3)ccc2s1. The van der Waals surface area contributed by atoms with Gasteiger partial charge in [-0.15, -0.1) is 11.3 Å². The van der Waals surface area contributed by atoms with Gasteiger partial charge in [-0.2, -0.15) is 0 Å². The van der Waals surface area contributed by atoms with Crippen molar-refractivity contribution in [1.29, 1.82) is 0 Å². The minimum atomic E-state index is 0.577. The van der Waals surface area contributed by atoms with Crippen LogP contribution < -0.4 is 0 Å². The molecule has 1 aliphatic rings. The van der Waals surface area contributed by atoms with E-state index in [0.29, 0.717) is 5.01 Å². The van der Waals surface area contributed by atoms with E-state index in [1.165, 1.54) is 29.7 Å². The average Bonchev–Trinajstić information content (AvgIpc) is 2.97. The van der Waals surface area contributed by atoms with Crippen molar-refractivity contribution in [2.45, 2.75) is 18.8 Å². The highest BCUT2D eigenvalue weighted by Gasteiger charge is 2.23. The Morgan fingerprint density at radius 3 is 3.00 bits per heavy atom. The Labute approximate surface area is 85.6 Å². The molecule has 0 amide bonds. The summed E-state index contributed by atoms with van der Waals surface area (Å²) in [5, 5.41) is 0.577.